The monoisotopic (exact) mass is 234 g/mol. The van der Waals surface area contributed by atoms with Crippen LogP contribution < -0.4 is 5.43 Å². The molecule has 17 heavy (non-hydrogen) atoms. The molecule has 0 saturated carbocycles. The average Bonchev–Trinajstić information content (AvgIpc) is 2.33. The summed E-state index contributed by atoms with van der Waals surface area (Å²) in [6.07, 6.45) is 1.27. The molecule has 0 spiro atoms. The molecule has 0 aliphatic carbocycles. The van der Waals surface area contributed by atoms with Crippen molar-refractivity contribution < 1.29 is 9.90 Å². The third-order valence-corrected chi connectivity index (χ3v) is 3.22. The fourth-order valence-corrected chi connectivity index (χ4v) is 2.25. The molecule has 92 valence electrons. The third-order valence-electron chi connectivity index (χ3n) is 3.22. The van der Waals surface area contributed by atoms with E-state index in [1.807, 2.05) is 35.3 Å². The average molecular weight is 234 g/mol. The molecule has 4 heteroatoms. The van der Waals surface area contributed by atoms with Crippen molar-refractivity contribution in [1.29, 1.82) is 0 Å². The zero-order chi connectivity index (χ0) is 12.3. The van der Waals surface area contributed by atoms with E-state index < -0.39 is 5.60 Å². The van der Waals surface area contributed by atoms with E-state index in [4.69, 9.17) is 0 Å². The summed E-state index contributed by atoms with van der Waals surface area (Å²) in [6, 6.07) is 9.72. The summed E-state index contributed by atoms with van der Waals surface area (Å²) in [5.41, 5.74) is 2.96. The van der Waals surface area contributed by atoms with Gasteiger partial charge < -0.3 is 5.11 Å². The zero-order valence-electron chi connectivity index (χ0n) is 10.0. The van der Waals surface area contributed by atoms with Crippen LogP contribution in [0.25, 0.3) is 0 Å². The molecule has 1 aromatic rings. The van der Waals surface area contributed by atoms with Crippen molar-refractivity contribution in [2.24, 2.45) is 0 Å². The van der Waals surface area contributed by atoms with E-state index in [1.165, 1.54) is 6.92 Å². The molecule has 1 aliphatic rings. The lowest BCUT2D eigenvalue weighted by Gasteiger charge is -2.38. The highest BCUT2D eigenvalue weighted by Gasteiger charge is 2.33. The number of hydrogen-bond acceptors (Lipinski definition) is 3. The first-order valence-electron chi connectivity index (χ1n) is 5.90. The first-order chi connectivity index (χ1) is 8.10. The van der Waals surface area contributed by atoms with Crippen LogP contribution in [0.4, 0.5) is 0 Å². The van der Waals surface area contributed by atoms with Gasteiger partial charge in [0.25, 0.3) is 0 Å². The van der Waals surface area contributed by atoms with Gasteiger partial charge in [-0.1, -0.05) is 30.3 Å². The Labute approximate surface area is 101 Å². The molecule has 0 radical (unpaired) electrons. The van der Waals surface area contributed by atoms with Gasteiger partial charge in [-0.05, 0) is 18.4 Å². The van der Waals surface area contributed by atoms with Gasteiger partial charge in [0.05, 0.1) is 5.60 Å². The lowest BCUT2D eigenvalue weighted by molar-refractivity contribution is -0.126. The predicted octanol–water partition coefficient (Wildman–Crippen LogP) is 1.02. The van der Waals surface area contributed by atoms with Crippen molar-refractivity contribution in [3.8, 4) is 0 Å². The van der Waals surface area contributed by atoms with E-state index in [1.54, 1.807) is 0 Å². The molecule has 4 nitrogen and oxygen atoms in total. The van der Waals surface area contributed by atoms with Crippen molar-refractivity contribution in [3.63, 3.8) is 0 Å². The van der Waals surface area contributed by atoms with Gasteiger partial charge in [-0.3, -0.25) is 10.2 Å². The van der Waals surface area contributed by atoms with Gasteiger partial charge in [0.2, 0.25) is 5.91 Å². The van der Waals surface area contributed by atoms with E-state index in [0.717, 1.165) is 5.56 Å². The highest BCUT2D eigenvalue weighted by atomic mass is 16.3. The van der Waals surface area contributed by atoms with Crippen LogP contribution in [0.5, 0.6) is 0 Å². The van der Waals surface area contributed by atoms with Gasteiger partial charge >= 0.3 is 0 Å². The van der Waals surface area contributed by atoms with E-state index >= 15 is 0 Å². The van der Waals surface area contributed by atoms with Crippen LogP contribution in [-0.4, -0.2) is 29.1 Å². The summed E-state index contributed by atoms with van der Waals surface area (Å²) >= 11 is 0. The van der Waals surface area contributed by atoms with Gasteiger partial charge in [-0.2, -0.15) is 0 Å². The fraction of sp³-hybridized carbons (Fsp3) is 0.462. The van der Waals surface area contributed by atoms with Crippen LogP contribution >= 0.6 is 0 Å². The summed E-state index contributed by atoms with van der Waals surface area (Å²) in [6.45, 7) is 2.84. The summed E-state index contributed by atoms with van der Waals surface area (Å²) in [5.74, 6) is -0.0600. The molecule has 2 rings (SSSR count). The Hall–Kier alpha value is -1.39. The van der Waals surface area contributed by atoms with Crippen molar-refractivity contribution in [2.75, 3.05) is 13.1 Å². The number of benzene rings is 1. The first-order valence-corrected chi connectivity index (χ1v) is 5.90. The van der Waals surface area contributed by atoms with Crippen LogP contribution in [0.15, 0.2) is 30.3 Å². The van der Waals surface area contributed by atoms with Gasteiger partial charge in [0.1, 0.15) is 0 Å². The first kappa shape index (κ1) is 12.1. The normalized spacial score (nSPS) is 19.9. The Morgan fingerprint density at radius 1 is 1.29 bits per heavy atom. The Balaban J connectivity index is 2.00. The SMILES string of the molecule is CC(=O)NN1CCC(O)(c2ccccc2)CC1. The number of carbonyl (C=O) groups excluding carboxylic acids is 1. The molecule has 1 amide bonds. The number of hydrogen-bond donors (Lipinski definition) is 2. The molecular formula is C13H18N2O2. The number of nitrogens with zero attached hydrogens (tertiary/aromatic N) is 1. The van der Waals surface area contributed by atoms with Gasteiger partial charge in [-0.15, -0.1) is 0 Å². The van der Waals surface area contributed by atoms with Crippen LogP contribution in [0.2, 0.25) is 0 Å². The number of carbonyl (C=O) groups is 1. The van der Waals surface area contributed by atoms with Gasteiger partial charge in [0, 0.05) is 20.0 Å². The standard InChI is InChI=1S/C13H18N2O2/c1-11(16)14-15-9-7-13(17,8-10-15)12-5-3-2-4-6-12/h2-6,17H,7-10H2,1H3,(H,14,16). The van der Waals surface area contributed by atoms with Crippen LogP contribution in [0, 0.1) is 0 Å². The number of hydrazine groups is 1. The Kier molecular flexibility index (Phi) is 3.45. The minimum absolute atomic E-state index is 0.0600. The second kappa shape index (κ2) is 4.85. The molecule has 0 aromatic heterocycles. The second-order valence-electron chi connectivity index (χ2n) is 4.55. The molecule has 0 atom stereocenters. The molecule has 1 fully saturated rings. The predicted molar refractivity (Wildman–Crippen MR) is 65.0 cm³/mol. The number of rotatable bonds is 2. The molecule has 1 aromatic carbocycles. The zero-order valence-corrected chi connectivity index (χ0v) is 10.0. The van der Waals surface area contributed by atoms with E-state index in [9.17, 15) is 9.90 Å². The highest BCUT2D eigenvalue weighted by Crippen LogP contribution is 2.31. The van der Waals surface area contributed by atoms with Crippen LogP contribution in [-0.2, 0) is 10.4 Å². The number of piperidine rings is 1. The van der Waals surface area contributed by atoms with Gasteiger partial charge in [-0.25, -0.2) is 5.01 Å². The summed E-state index contributed by atoms with van der Waals surface area (Å²) in [4.78, 5) is 10.9. The molecule has 0 unspecified atom stereocenters. The summed E-state index contributed by atoms with van der Waals surface area (Å²) < 4.78 is 0. The second-order valence-corrected chi connectivity index (χ2v) is 4.55. The number of nitrogens with one attached hydrogen (secondary N) is 1. The summed E-state index contributed by atoms with van der Waals surface area (Å²) in [7, 11) is 0. The fourth-order valence-electron chi connectivity index (χ4n) is 2.25. The van der Waals surface area contributed by atoms with Crippen molar-refractivity contribution in [2.45, 2.75) is 25.4 Å². The molecular weight excluding hydrogens is 216 g/mol. The quantitative estimate of drug-likeness (QED) is 0.803. The summed E-state index contributed by atoms with van der Waals surface area (Å²) in [5, 5.41) is 12.4. The molecule has 1 aliphatic heterocycles. The van der Waals surface area contributed by atoms with Gasteiger partial charge in [0.15, 0.2) is 0 Å². The lowest BCUT2D eigenvalue weighted by atomic mass is 9.85. The topological polar surface area (TPSA) is 52.6 Å². The lowest BCUT2D eigenvalue weighted by Crippen LogP contribution is -2.50. The minimum Gasteiger partial charge on any atom is -0.385 e. The van der Waals surface area contributed by atoms with E-state index in [2.05, 4.69) is 5.43 Å². The van der Waals surface area contributed by atoms with Crippen molar-refractivity contribution in [3.05, 3.63) is 35.9 Å². The molecule has 1 heterocycles. The largest absolute Gasteiger partial charge is 0.385 e. The maximum atomic E-state index is 10.9. The van der Waals surface area contributed by atoms with E-state index in [0.29, 0.717) is 25.9 Å². The van der Waals surface area contributed by atoms with Crippen molar-refractivity contribution >= 4 is 5.91 Å². The molecule has 0 bridgehead atoms. The Morgan fingerprint density at radius 3 is 2.41 bits per heavy atom. The third kappa shape index (κ3) is 2.84. The number of amides is 1. The van der Waals surface area contributed by atoms with E-state index in [-0.39, 0.29) is 5.91 Å². The highest BCUT2D eigenvalue weighted by molar-refractivity contribution is 5.72. The maximum absolute atomic E-state index is 10.9. The Morgan fingerprint density at radius 2 is 1.88 bits per heavy atom. The maximum Gasteiger partial charge on any atom is 0.231 e. The number of aliphatic hydroxyl groups is 1. The smallest absolute Gasteiger partial charge is 0.231 e. The molecule has 2 N–H and O–H groups in total. The minimum atomic E-state index is -0.754. The Bertz CT molecular complexity index is 384. The van der Waals surface area contributed by atoms with Crippen LogP contribution in [0.1, 0.15) is 25.3 Å². The van der Waals surface area contributed by atoms with Crippen molar-refractivity contribution in [1.82, 2.24) is 10.4 Å². The molecule has 1 saturated heterocycles. The van der Waals surface area contributed by atoms with Crippen LogP contribution in [0.3, 0.4) is 0 Å².